The Bertz CT molecular complexity index is 396. The average molecular weight is 252 g/mol. The van der Waals surface area contributed by atoms with Crippen molar-refractivity contribution in [1.29, 1.82) is 0 Å². The Morgan fingerprint density at radius 1 is 0.944 bits per heavy atom. The Morgan fingerprint density at radius 2 is 1.39 bits per heavy atom. The van der Waals surface area contributed by atoms with E-state index in [9.17, 15) is 15.0 Å². The van der Waals surface area contributed by atoms with E-state index in [4.69, 9.17) is 0 Å². The van der Waals surface area contributed by atoms with Crippen molar-refractivity contribution in [3.8, 4) is 0 Å². The lowest BCUT2D eigenvalue weighted by molar-refractivity contribution is -0.165. The molecule has 0 radical (unpaired) electrons. The summed E-state index contributed by atoms with van der Waals surface area (Å²) in [6.45, 7) is 6.73. The van der Waals surface area contributed by atoms with Crippen molar-refractivity contribution in [2.45, 2.75) is 64.9 Å². The van der Waals surface area contributed by atoms with Crippen molar-refractivity contribution >= 4 is 5.97 Å². The molecule has 4 fully saturated rings. The summed E-state index contributed by atoms with van der Waals surface area (Å²) in [6.07, 6.45) is 5.27. The highest BCUT2D eigenvalue weighted by Crippen LogP contribution is 2.69. The van der Waals surface area contributed by atoms with Crippen LogP contribution in [-0.4, -0.2) is 21.8 Å². The summed E-state index contributed by atoms with van der Waals surface area (Å²) >= 11 is 0. The molecule has 2 unspecified atom stereocenters. The Labute approximate surface area is 109 Å². The number of carbonyl (C=O) groups is 1. The largest absolute Gasteiger partial charge is 0.481 e. The molecule has 0 aromatic heterocycles. The first-order chi connectivity index (χ1) is 8.07. The normalized spacial score (nSPS) is 58.6. The smallest absolute Gasteiger partial charge is 0.309 e. The highest BCUT2D eigenvalue weighted by molar-refractivity contribution is 5.72. The minimum absolute atomic E-state index is 0.0891. The molecule has 0 aromatic rings. The monoisotopic (exact) mass is 252 g/mol. The summed E-state index contributed by atoms with van der Waals surface area (Å²) in [5.74, 6) is -1.38. The van der Waals surface area contributed by atoms with Crippen molar-refractivity contribution in [2.75, 3.05) is 0 Å². The molecular weight excluding hydrogens is 228 g/mol. The van der Waals surface area contributed by atoms with Crippen LogP contribution in [0.3, 0.4) is 0 Å². The zero-order valence-electron chi connectivity index (χ0n) is 11.6. The summed E-state index contributed by atoms with van der Waals surface area (Å²) in [4.78, 5) is 11.6. The molecule has 0 aliphatic heterocycles. The quantitative estimate of drug-likeness (QED) is 0.754. The van der Waals surface area contributed by atoms with Crippen LogP contribution in [0.15, 0.2) is 0 Å². The van der Waals surface area contributed by atoms with Crippen LogP contribution >= 0.6 is 0 Å². The van der Waals surface area contributed by atoms with Gasteiger partial charge in [-0.2, -0.15) is 0 Å². The SMILES string of the molecule is CC12C[C@@H](C(=O)O)C3(O)C[C@](C)(C1)C[C@](C)(C2)C3. The first kappa shape index (κ1) is 12.5. The van der Waals surface area contributed by atoms with Gasteiger partial charge in [-0.05, 0) is 54.8 Å². The third-order valence-corrected chi connectivity index (χ3v) is 5.67. The molecule has 3 heteroatoms. The Morgan fingerprint density at radius 3 is 1.83 bits per heavy atom. The van der Waals surface area contributed by atoms with Crippen LogP contribution in [0.1, 0.15) is 59.3 Å². The van der Waals surface area contributed by atoms with Crippen LogP contribution in [0.4, 0.5) is 0 Å². The van der Waals surface area contributed by atoms with E-state index in [1.165, 1.54) is 0 Å². The fourth-order valence-corrected chi connectivity index (χ4v) is 6.46. The number of hydrogen-bond acceptors (Lipinski definition) is 2. The molecule has 4 bridgehead atoms. The lowest BCUT2D eigenvalue weighted by atomic mass is 9.49. The first-order valence-corrected chi connectivity index (χ1v) is 7.03. The van der Waals surface area contributed by atoms with Crippen molar-refractivity contribution in [2.24, 2.45) is 22.2 Å². The van der Waals surface area contributed by atoms with Gasteiger partial charge in [0.15, 0.2) is 0 Å². The highest BCUT2D eigenvalue weighted by Gasteiger charge is 2.64. The predicted octanol–water partition coefficient (Wildman–Crippen LogP) is 2.82. The second kappa shape index (κ2) is 3.12. The van der Waals surface area contributed by atoms with E-state index >= 15 is 0 Å². The van der Waals surface area contributed by atoms with Crippen LogP contribution in [0, 0.1) is 22.2 Å². The summed E-state index contributed by atoms with van der Waals surface area (Å²) in [7, 11) is 0. The summed E-state index contributed by atoms with van der Waals surface area (Å²) in [5.41, 5.74) is -0.647. The third kappa shape index (κ3) is 1.63. The second-order valence-electron chi connectivity index (χ2n) is 8.51. The van der Waals surface area contributed by atoms with Gasteiger partial charge in [-0.25, -0.2) is 0 Å². The van der Waals surface area contributed by atoms with Crippen LogP contribution < -0.4 is 0 Å². The number of aliphatic hydroxyl groups is 1. The molecule has 4 aliphatic carbocycles. The van der Waals surface area contributed by atoms with Gasteiger partial charge in [0.1, 0.15) is 0 Å². The lowest BCUT2D eigenvalue weighted by Crippen LogP contribution is -2.53. The fourth-order valence-electron chi connectivity index (χ4n) is 6.46. The van der Waals surface area contributed by atoms with E-state index in [0.29, 0.717) is 19.3 Å². The Kier molecular flexibility index (Phi) is 2.16. The molecule has 3 nitrogen and oxygen atoms in total. The molecule has 0 aromatic carbocycles. The Balaban J connectivity index is 2.13. The predicted molar refractivity (Wildman–Crippen MR) is 68.1 cm³/mol. The maximum Gasteiger partial charge on any atom is 0.309 e. The van der Waals surface area contributed by atoms with E-state index in [1.54, 1.807) is 0 Å². The number of aliphatic carboxylic acids is 1. The Hall–Kier alpha value is -0.570. The van der Waals surface area contributed by atoms with Gasteiger partial charge < -0.3 is 10.2 Å². The molecule has 0 saturated heterocycles. The first-order valence-electron chi connectivity index (χ1n) is 7.03. The molecule has 2 N–H and O–H groups in total. The van der Waals surface area contributed by atoms with Gasteiger partial charge in [0.05, 0.1) is 11.5 Å². The summed E-state index contributed by atoms with van der Waals surface area (Å²) < 4.78 is 0. The zero-order chi connectivity index (χ0) is 13.4. The molecule has 5 atom stereocenters. The summed E-state index contributed by atoms with van der Waals surface area (Å²) in [6, 6.07) is 0. The maximum absolute atomic E-state index is 11.6. The topological polar surface area (TPSA) is 57.5 Å². The van der Waals surface area contributed by atoms with E-state index in [2.05, 4.69) is 20.8 Å². The molecule has 102 valence electrons. The maximum atomic E-state index is 11.6. The molecule has 0 spiro atoms. The number of fused-ring (bicyclic) bond motifs is 1. The van der Waals surface area contributed by atoms with Gasteiger partial charge in [0.2, 0.25) is 0 Å². The fraction of sp³-hybridized carbons (Fsp3) is 0.933. The van der Waals surface area contributed by atoms with Gasteiger partial charge in [0.25, 0.3) is 0 Å². The van der Waals surface area contributed by atoms with E-state index < -0.39 is 17.5 Å². The highest BCUT2D eigenvalue weighted by atomic mass is 16.4. The van der Waals surface area contributed by atoms with Gasteiger partial charge in [-0.1, -0.05) is 20.8 Å². The van der Waals surface area contributed by atoms with Gasteiger partial charge in [-0.3, -0.25) is 4.79 Å². The van der Waals surface area contributed by atoms with Gasteiger partial charge >= 0.3 is 5.97 Å². The van der Waals surface area contributed by atoms with Crippen molar-refractivity contribution in [3.63, 3.8) is 0 Å². The van der Waals surface area contributed by atoms with Gasteiger partial charge in [-0.15, -0.1) is 0 Å². The van der Waals surface area contributed by atoms with Crippen LogP contribution in [-0.2, 0) is 4.79 Å². The minimum atomic E-state index is -0.984. The van der Waals surface area contributed by atoms with Crippen LogP contribution in [0.2, 0.25) is 0 Å². The summed E-state index contributed by atoms with van der Waals surface area (Å²) in [5, 5.41) is 20.5. The van der Waals surface area contributed by atoms with E-state index in [1.807, 2.05) is 0 Å². The molecule has 4 rings (SSSR count). The van der Waals surface area contributed by atoms with Crippen LogP contribution in [0.25, 0.3) is 0 Å². The average Bonchev–Trinajstić information content (AvgIpc) is 2.16. The molecular formula is C15H24O3. The molecule has 4 aliphatic rings. The van der Waals surface area contributed by atoms with E-state index in [-0.39, 0.29) is 16.2 Å². The van der Waals surface area contributed by atoms with Crippen molar-refractivity contribution in [1.82, 2.24) is 0 Å². The lowest BCUT2D eigenvalue weighted by Gasteiger charge is -2.57. The number of rotatable bonds is 1. The third-order valence-electron chi connectivity index (χ3n) is 5.67. The zero-order valence-corrected chi connectivity index (χ0v) is 11.6. The number of carboxylic acids is 1. The van der Waals surface area contributed by atoms with Crippen molar-refractivity contribution < 1.29 is 15.0 Å². The minimum Gasteiger partial charge on any atom is -0.481 e. The van der Waals surface area contributed by atoms with Gasteiger partial charge in [0, 0.05) is 0 Å². The molecule has 18 heavy (non-hydrogen) atoms. The van der Waals surface area contributed by atoms with Crippen molar-refractivity contribution in [3.05, 3.63) is 0 Å². The molecule has 4 saturated carbocycles. The van der Waals surface area contributed by atoms with Crippen LogP contribution in [0.5, 0.6) is 0 Å². The number of hydrogen-bond donors (Lipinski definition) is 2. The number of carboxylic acid groups (broad SMARTS) is 1. The standard InChI is InChI=1S/C15H24O3/c1-12-4-10(11(16)17)15(18)8-13(2,5-12)7-14(3,6-12)9-15/h10,18H,4-9H2,1-3H3,(H,16,17)/t10-,12?,13-,14+,15?/m0/s1. The van der Waals surface area contributed by atoms with E-state index in [0.717, 1.165) is 19.3 Å². The molecule has 0 amide bonds. The second-order valence-corrected chi connectivity index (χ2v) is 8.51. The molecule has 0 heterocycles.